The summed E-state index contributed by atoms with van der Waals surface area (Å²) < 4.78 is 10.4. The van der Waals surface area contributed by atoms with E-state index >= 15 is 0 Å². The van der Waals surface area contributed by atoms with Crippen LogP contribution >= 0.6 is 0 Å². The summed E-state index contributed by atoms with van der Waals surface area (Å²) in [7, 11) is 3.09. The summed E-state index contributed by atoms with van der Waals surface area (Å²) in [5.41, 5.74) is 1.52. The van der Waals surface area contributed by atoms with Gasteiger partial charge in [-0.15, -0.1) is 0 Å². The molecule has 0 fully saturated rings. The molecule has 2 N–H and O–H groups in total. The van der Waals surface area contributed by atoms with E-state index in [4.69, 9.17) is 9.47 Å². The van der Waals surface area contributed by atoms with Gasteiger partial charge in [0.25, 0.3) is 11.8 Å². The van der Waals surface area contributed by atoms with Crippen molar-refractivity contribution in [3.63, 3.8) is 0 Å². The number of amides is 2. The zero-order valence-electron chi connectivity index (χ0n) is 16.2. The minimum absolute atomic E-state index is 0.139. The van der Waals surface area contributed by atoms with E-state index in [-0.39, 0.29) is 11.8 Å². The number of hydrogen-bond donors (Lipinski definition) is 2. The first-order chi connectivity index (χ1) is 12.9. The van der Waals surface area contributed by atoms with Crippen LogP contribution in [-0.2, 0) is 0 Å². The molecule has 6 nitrogen and oxygen atoms in total. The second kappa shape index (κ2) is 9.62. The lowest BCUT2D eigenvalue weighted by Crippen LogP contribution is -2.25. The Balaban J connectivity index is 2.02. The smallest absolute Gasteiger partial charge is 0.255 e. The third-order valence-electron chi connectivity index (χ3n) is 4.07. The molecule has 0 saturated heterocycles. The average molecular weight is 370 g/mol. The van der Waals surface area contributed by atoms with Crippen molar-refractivity contribution < 1.29 is 19.1 Å². The van der Waals surface area contributed by atoms with Gasteiger partial charge >= 0.3 is 0 Å². The predicted octanol–water partition coefficient (Wildman–Crippen LogP) is 3.73. The molecule has 6 heteroatoms. The second-order valence-electron chi connectivity index (χ2n) is 6.54. The predicted molar refractivity (Wildman–Crippen MR) is 106 cm³/mol. The molecule has 0 heterocycles. The standard InChI is InChI=1S/C21H26N2O4/c1-14(2)11-12-22-20(24)15-5-7-16(8-6-15)21(25)23-18-10-9-17(26-3)13-19(18)27-4/h5-10,13-14H,11-12H2,1-4H3,(H,22,24)(H,23,25). The number of carbonyl (C=O) groups is 2. The first kappa shape index (κ1) is 20.3. The van der Waals surface area contributed by atoms with Crippen molar-refractivity contribution in [1.82, 2.24) is 5.32 Å². The Labute approximate surface area is 159 Å². The van der Waals surface area contributed by atoms with Crippen LogP contribution < -0.4 is 20.1 Å². The van der Waals surface area contributed by atoms with E-state index in [2.05, 4.69) is 24.5 Å². The van der Waals surface area contributed by atoms with Crippen molar-refractivity contribution in [1.29, 1.82) is 0 Å². The van der Waals surface area contributed by atoms with Gasteiger partial charge in [-0.3, -0.25) is 9.59 Å². The number of nitrogens with one attached hydrogen (secondary N) is 2. The number of carbonyl (C=O) groups excluding carboxylic acids is 2. The maximum absolute atomic E-state index is 12.5. The fraction of sp³-hybridized carbons (Fsp3) is 0.333. The monoisotopic (exact) mass is 370 g/mol. The van der Waals surface area contributed by atoms with E-state index in [1.807, 2.05) is 0 Å². The molecule has 0 aliphatic heterocycles. The van der Waals surface area contributed by atoms with Crippen LogP contribution in [0.2, 0.25) is 0 Å². The van der Waals surface area contributed by atoms with Gasteiger partial charge in [-0.05, 0) is 48.7 Å². The maximum Gasteiger partial charge on any atom is 0.255 e. The molecule has 2 aromatic carbocycles. The minimum atomic E-state index is -0.287. The second-order valence-corrected chi connectivity index (χ2v) is 6.54. The van der Waals surface area contributed by atoms with Crippen molar-refractivity contribution in [2.45, 2.75) is 20.3 Å². The molecule has 0 spiro atoms. The van der Waals surface area contributed by atoms with Gasteiger partial charge in [-0.2, -0.15) is 0 Å². The van der Waals surface area contributed by atoms with Crippen LogP contribution in [-0.4, -0.2) is 32.6 Å². The fourth-order valence-electron chi connectivity index (χ4n) is 2.45. The van der Waals surface area contributed by atoms with Crippen LogP contribution in [0.5, 0.6) is 11.5 Å². The molecule has 0 atom stereocenters. The molecule has 0 unspecified atom stereocenters. The van der Waals surface area contributed by atoms with Gasteiger partial charge in [0, 0.05) is 23.7 Å². The molecule has 0 bridgehead atoms. The number of ether oxygens (including phenoxy) is 2. The van der Waals surface area contributed by atoms with Gasteiger partial charge in [-0.25, -0.2) is 0 Å². The molecular weight excluding hydrogens is 344 g/mol. The highest BCUT2D eigenvalue weighted by Crippen LogP contribution is 2.29. The highest BCUT2D eigenvalue weighted by molar-refractivity contribution is 6.05. The quantitative estimate of drug-likeness (QED) is 0.742. The number of rotatable bonds is 8. The third-order valence-corrected chi connectivity index (χ3v) is 4.07. The zero-order valence-corrected chi connectivity index (χ0v) is 16.2. The average Bonchev–Trinajstić information content (AvgIpc) is 2.68. The van der Waals surface area contributed by atoms with Crippen LogP contribution in [0.1, 0.15) is 41.0 Å². The minimum Gasteiger partial charge on any atom is -0.497 e. The van der Waals surface area contributed by atoms with Crippen molar-refractivity contribution in [2.24, 2.45) is 5.92 Å². The summed E-state index contributed by atoms with van der Waals surface area (Å²) in [6.07, 6.45) is 0.927. The van der Waals surface area contributed by atoms with E-state index in [9.17, 15) is 9.59 Å². The Kier molecular flexibility index (Phi) is 7.23. The van der Waals surface area contributed by atoms with Gasteiger partial charge in [0.05, 0.1) is 19.9 Å². The summed E-state index contributed by atoms with van der Waals surface area (Å²) >= 11 is 0. The van der Waals surface area contributed by atoms with Gasteiger partial charge in [0.15, 0.2) is 0 Å². The van der Waals surface area contributed by atoms with Crippen LogP contribution in [0.15, 0.2) is 42.5 Å². The SMILES string of the molecule is COc1ccc(NC(=O)c2ccc(C(=O)NCCC(C)C)cc2)c(OC)c1. The van der Waals surface area contributed by atoms with Crippen molar-refractivity contribution in [3.8, 4) is 11.5 Å². The summed E-state index contributed by atoms with van der Waals surface area (Å²) in [5, 5.41) is 5.68. The zero-order chi connectivity index (χ0) is 19.8. The Morgan fingerprint density at radius 1 is 0.926 bits per heavy atom. The lowest BCUT2D eigenvalue weighted by Gasteiger charge is -2.12. The topological polar surface area (TPSA) is 76.7 Å². The molecule has 144 valence electrons. The van der Waals surface area contributed by atoms with Crippen LogP contribution in [0.25, 0.3) is 0 Å². The van der Waals surface area contributed by atoms with Crippen LogP contribution in [0.4, 0.5) is 5.69 Å². The van der Waals surface area contributed by atoms with Crippen LogP contribution in [0, 0.1) is 5.92 Å². The molecule has 0 radical (unpaired) electrons. The third kappa shape index (κ3) is 5.74. The molecule has 2 rings (SSSR count). The Morgan fingerprint density at radius 3 is 2.11 bits per heavy atom. The molecular formula is C21H26N2O4. The van der Waals surface area contributed by atoms with E-state index < -0.39 is 0 Å². The Bertz CT molecular complexity index is 785. The highest BCUT2D eigenvalue weighted by atomic mass is 16.5. The molecule has 0 aliphatic rings. The maximum atomic E-state index is 12.5. The van der Waals surface area contributed by atoms with E-state index in [0.717, 1.165) is 6.42 Å². The first-order valence-electron chi connectivity index (χ1n) is 8.86. The van der Waals surface area contributed by atoms with Crippen molar-refractivity contribution in [3.05, 3.63) is 53.6 Å². The van der Waals surface area contributed by atoms with Crippen LogP contribution in [0.3, 0.4) is 0 Å². The molecule has 27 heavy (non-hydrogen) atoms. The number of benzene rings is 2. The van der Waals surface area contributed by atoms with Crippen molar-refractivity contribution in [2.75, 3.05) is 26.1 Å². The summed E-state index contributed by atoms with van der Waals surface area (Å²) in [6.45, 7) is 4.85. The van der Waals surface area contributed by atoms with Gasteiger partial charge in [0.2, 0.25) is 0 Å². The Morgan fingerprint density at radius 2 is 1.56 bits per heavy atom. The molecule has 0 aliphatic carbocycles. The lowest BCUT2D eigenvalue weighted by molar-refractivity contribution is 0.0950. The Hall–Kier alpha value is -3.02. The fourth-order valence-corrected chi connectivity index (χ4v) is 2.45. The largest absolute Gasteiger partial charge is 0.497 e. The molecule has 0 saturated carbocycles. The highest BCUT2D eigenvalue weighted by Gasteiger charge is 2.12. The molecule has 2 amide bonds. The number of methoxy groups -OCH3 is 2. The number of hydrogen-bond acceptors (Lipinski definition) is 4. The van der Waals surface area contributed by atoms with Crippen molar-refractivity contribution >= 4 is 17.5 Å². The first-order valence-corrected chi connectivity index (χ1v) is 8.86. The molecule has 2 aromatic rings. The number of anilines is 1. The van der Waals surface area contributed by atoms with Gasteiger partial charge in [0.1, 0.15) is 11.5 Å². The lowest BCUT2D eigenvalue weighted by atomic mass is 10.1. The summed E-state index contributed by atoms with van der Waals surface area (Å²) in [6, 6.07) is 11.7. The summed E-state index contributed by atoms with van der Waals surface area (Å²) in [5.74, 6) is 1.25. The summed E-state index contributed by atoms with van der Waals surface area (Å²) in [4.78, 5) is 24.6. The van der Waals surface area contributed by atoms with Gasteiger partial charge < -0.3 is 20.1 Å². The normalized spacial score (nSPS) is 10.4. The van der Waals surface area contributed by atoms with E-state index in [1.165, 1.54) is 7.11 Å². The van der Waals surface area contributed by atoms with E-state index in [1.54, 1.807) is 49.6 Å². The molecule has 0 aromatic heterocycles. The van der Waals surface area contributed by atoms with E-state index in [0.29, 0.717) is 40.8 Å². The van der Waals surface area contributed by atoms with Gasteiger partial charge in [-0.1, -0.05) is 13.8 Å².